The molecule has 0 aliphatic heterocycles. The minimum atomic E-state index is -4.69. The number of anilines is 2. The van der Waals surface area contributed by atoms with Crippen LogP contribution in [-0.2, 0) is 14.9 Å². The Morgan fingerprint density at radius 1 is 1.47 bits per heavy atom. The van der Waals surface area contributed by atoms with Crippen LogP contribution in [-0.4, -0.2) is 24.0 Å². The second-order valence-corrected chi connectivity index (χ2v) is 4.42. The maximum Gasteiger partial charge on any atom is 1.00 e. The van der Waals surface area contributed by atoms with Crippen LogP contribution in [0.1, 0.15) is 6.92 Å². The molecule has 1 aromatic rings. The first kappa shape index (κ1) is 16.2. The molecule has 1 rings (SSSR count). The zero-order valence-corrected chi connectivity index (χ0v) is 12.0. The van der Waals surface area contributed by atoms with E-state index in [9.17, 15) is 22.9 Å². The zero-order chi connectivity index (χ0) is 12.5. The van der Waals surface area contributed by atoms with E-state index < -0.39 is 26.7 Å². The van der Waals surface area contributed by atoms with Crippen LogP contribution in [0.3, 0.4) is 0 Å². The predicted molar refractivity (Wildman–Crippen MR) is 54.8 cm³/mol. The van der Waals surface area contributed by atoms with Gasteiger partial charge in [0, 0.05) is 6.92 Å². The Balaban J connectivity index is 0.00000256. The van der Waals surface area contributed by atoms with Gasteiger partial charge in [0.25, 0.3) is 0 Å². The van der Waals surface area contributed by atoms with Gasteiger partial charge in [-0.15, -0.1) is 0 Å². The third-order valence-electron chi connectivity index (χ3n) is 1.71. The Labute approximate surface area is 120 Å². The molecule has 0 saturated heterocycles. The van der Waals surface area contributed by atoms with Gasteiger partial charge >= 0.3 is 29.6 Å². The Morgan fingerprint density at radius 2 is 2.00 bits per heavy atom. The molecule has 7 nitrogen and oxygen atoms in total. The van der Waals surface area contributed by atoms with Gasteiger partial charge in [-0.25, -0.2) is 8.42 Å². The number of nitrogens with one attached hydrogen (secondary N) is 1. The van der Waals surface area contributed by atoms with Crippen molar-refractivity contribution in [2.75, 3.05) is 11.1 Å². The topological polar surface area (TPSA) is 133 Å². The van der Waals surface area contributed by atoms with Crippen LogP contribution in [0.2, 0.25) is 0 Å². The number of phenolic OH excluding ortho intramolecular Hbond substituents is 1. The number of carbonyl (C=O) groups is 1. The smallest absolute Gasteiger partial charge is 0.744 e. The van der Waals surface area contributed by atoms with Crippen LogP contribution in [0.25, 0.3) is 0 Å². The number of amides is 1. The summed E-state index contributed by atoms with van der Waals surface area (Å²) in [6.07, 6.45) is 0. The van der Waals surface area contributed by atoms with Gasteiger partial charge in [-0.1, -0.05) is 0 Å². The van der Waals surface area contributed by atoms with E-state index >= 15 is 0 Å². The molecule has 88 valence electrons. The van der Waals surface area contributed by atoms with Gasteiger partial charge in [-0.3, -0.25) is 4.79 Å². The number of carbonyl (C=O) groups excluding carboxylic acids is 1. The molecule has 0 aliphatic carbocycles. The summed E-state index contributed by atoms with van der Waals surface area (Å²) in [6, 6.07) is 1.67. The first-order chi connectivity index (χ1) is 7.21. The maximum atomic E-state index is 10.7. The minimum Gasteiger partial charge on any atom is -0.744 e. The molecule has 0 atom stereocenters. The van der Waals surface area contributed by atoms with Gasteiger partial charge < -0.3 is 20.7 Å². The third kappa shape index (κ3) is 4.17. The number of hydrogen-bond acceptors (Lipinski definition) is 6. The van der Waals surface area contributed by atoms with Crippen LogP contribution in [0.4, 0.5) is 11.4 Å². The quantitative estimate of drug-likeness (QED) is 0.224. The summed E-state index contributed by atoms with van der Waals surface area (Å²) in [5, 5.41) is 11.6. The monoisotopic (exact) mass is 268 g/mol. The summed E-state index contributed by atoms with van der Waals surface area (Å²) in [5.74, 6) is -1.02. The molecule has 0 saturated carbocycles. The number of nitrogens with two attached hydrogens (primary N) is 1. The van der Waals surface area contributed by atoms with Gasteiger partial charge in [0.2, 0.25) is 5.91 Å². The number of hydrogen-bond donors (Lipinski definition) is 3. The van der Waals surface area contributed by atoms with Crippen molar-refractivity contribution >= 4 is 27.4 Å². The van der Waals surface area contributed by atoms with Crippen LogP contribution >= 0.6 is 0 Å². The first-order valence-corrected chi connectivity index (χ1v) is 5.48. The summed E-state index contributed by atoms with van der Waals surface area (Å²) < 4.78 is 32.2. The van der Waals surface area contributed by atoms with E-state index in [1.165, 1.54) is 0 Å². The molecule has 0 unspecified atom stereocenters. The molecule has 1 amide bonds. The van der Waals surface area contributed by atoms with E-state index in [1.807, 2.05) is 0 Å². The zero-order valence-electron chi connectivity index (χ0n) is 9.22. The molecule has 4 N–H and O–H groups in total. The summed E-state index contributed by atoms with van der Waals surface area (Å²) in [4.78, 5) is 10.1. The number of benzene rings is 1. The van der Waals surface area contributed by atoms with E-state index in [4.69, 9.17) is 5.73 Å². The molecule has 0 radical (unpaired) electrons. The second-order valence-electron chi connectivity index (χ2n) is 3.04. The summed E-state index contributed by atoms with van der Waals surface area (Å²) >= 11 is 0. The fourth-order valence-corrected chi connectivity index (χ4v) is 1.59. The molecule has 0 aromatic heterocycles. The number of phenols is 1. The molecule has 0 heterocycles. The van der Waals surface area contributed by atoms with Crippen LogP contribution in [0, 0.1) is 0 Å². The van der Waals surface area contributed by atoms with E-state index in [1.54, 1.807) is 0 Å². The van der Waals surface area contributed by atoms with Crippen molar-refractivity contribution in [1.29, 1.82) is 0 Å². The molecule has 0 aliphatic rings. The van der Waals surface area contributed by atoms with Crippen molar-refractivity contribution in [1.82, 2.24) is 0 Å². The van der Waals surface area contributed by atoms with E-state index in [0.29, 0.717) is 0 Å². The molecule has 9 heteroatoms. The van der Waals surface area contributed by atoms with Crippen molar-refractivity contribution in [3.05, 3.63) is 12.1 Å². The average molecular weight is 268 g/mol. The van der Waals surface area contributed by atoms with Crippen molar-refractivity contribution < 1.29 is 52.4 Å². The van der Waals surface area contributed by atoms with Crippen molar-refractivity contribution in [2.45, 2.75) is 11.8 Å². The molecule has 17 heavy (non-hydrogen) atoms. The van der Waals surface area contributed by atoms with Gasteiger partial charge in [0.05, 0.1) is 16.3 Å². The van der Waals surface area contributed by atoms with Gasteiger partial charge in [-0.05, 0) is 12.1 Å². The summed E-state index contributed by atoms with van der Waals surface area (Å²) in [5.41, 5.74) is 4.76. The van der Waals surface area contributed by atoms with Gasteiger partial charge in [0.15, 0.2) is 5.75 Å². The number of rotatable bonds is 2. The Morgan fingerprint density at radius 3 is 2.41 bits per heavy atom. The van der Waals surface area contributed by atoms with E-state index in [-0.39, 0.29) is 40.9 Å². The number of aromatic hydroxyl groups is 1. The van der Waals surface area contributed by atoms with Crippen LogP contribution in [0.5, 0.6) is 5.75 Å². The maximum absolute atomic E-state index is 10.7. The molecular weight excluding hydrogens is 259 g/mol. The molecule has 0 fully saturated rings. The molecule has 0 spiro atoms. The SMILES string of the molecule is CC(=O)Nc1cc(S(=O)(=O)[O-])cc(N)c1O.[Na+]. The fourth-order valence-electron chi connectivity index (χ4n) is 1.06. The predicted octanol–water partition coefficient (Wildman–Crippen LogP) is -3.16. The fraction of sp³-hybridized carbons (Fsp3) is 0.125. The largest absolute Gasteiger partial charge is 1.00 e. The average Bonchev–Trinajstić information content (AvgIpc) is 2.10. The van der Waals surface area contributed by atoms with Crippen LogP contribution in [0.15, 0.2) is 17.0 Å². The minimum absolute atomic E-state index is 0. The van der Waals surface area contributed by atoms with Gasteiger partial charge in [0.1, 0.15) is 10.1 Å². The first-order valence-electron chi connectivity index (χ1n) is 4.08. The Hall–Kier alpha value is -0.800. The summed E-state index contributed by atoms with van der Waals surface area (Å²) in [7, 11) is -4.69. The Kier molecular flexibility index (Phi) is 5.43. The van der Waals surface area contributed by atoms with Gasteiger partial charge in [-0.2, -0.15) is 0 Å². The standard InChI is InChI=1S/C8H10N2O5S.Na/c1-4(11)10-7-3-5(16(13,14)15)2-6(9)8(7)12;/h2-3,12H,9H2,1H3,(H,10,11)(H,13,14,15);/q;+1/p-1. The number of nitrogen functional groups attached to an aromatic ring is 1. The molecule has 1 aromatic carbocycles. The normalized spacial score (nSPS) is 10.5. The second kappa shape index (κ2) is 5.69. The van der Waals surface area contributed by atoms with Crippen molar-refractivity contribution in [2.24, 2.45) is 0 Å². The van der Waals surface area contributed by atoms with Crippen LogP contribution < -0.4 is 40.6 Å². The van der Waals surface area contributed by atoms with E-state index in [0.717, 1.165) is 19.1 Å². The third-order valence-corrected chi connectivity index (χ3v) is 2.53. The van der Waals surface area contributed by atoms with Crippen molar-refractivity contribution in [3.8, 4) is 5.75 Å². The molecular formula is C8H9N2NaO5S. The van der Waals surface area contributed by atoms with Crippen molar-refractivity contribution in [3.63, 3.8) is 0 Å². The molecule has 0 bridgehead atoms. The Bertz CT molecular complexity index is 543. The van der Waals surface area contributed by atoms with E-state index in [2.05, 4.69) is 5.32 Å². The summed E-state index contributed by atoms with van der Waals surface area (Å²) in [6.45, 7) is 1.16.